The van der Waals surface area contributed by atoms with Crippen LogP contribution in [0.15, 0.2) is 12.0 Å². The maximum atomic E-state index is 10.3. The fraction of sp³-hybridized carbons (Fsp3) is 0.846. The van der Waals surface area contributed by atoms with E-state index < -0.39 is 67.4 Å². The summed E-state index contributed by atoms with van der Waals surface area (Å²) in [7, 11) is 0. The van der Waals surface area contributed by atoms with Gasteiger partial charge in [0, 0.05) is 6.54 Å². The minimum Gasteiger partial charge on any atom is -0.506 e. The second-order valence-corrected chi connectivity index (χ2v) is 6.07. The van der Waals surface area contributed by atoms with Gasteiger partial charge in [0.15, 0.2) is 5.76 Å². The number of aliphatic hydroxyl groups excluding tert-OH is 7. The summed E-state index contributed by atoms with van der Waals surface area (Å²) in [5.74, 6) is -0.538. The number of hydrogen-bond acceptors (Lipinski definition) is 10. The molecule has 10 heteroatoms. The Kier molecular flexibility index (Phi) is 4.51. The molecule has 10 nitrogen and oxygen atoms in total. The van der Waals surface area contributed by atoms with Crippen molar-refractivity contribution in [3.63, 3.8) is 0 Å². The lowest BCUT2D eigenvalue weighted by molar-refractivity contribution is -0.233. The first-order chi connectivity index (χ1) is 10.9. The zero-order valence-corrected chi connectivity index (χ0v) is 12.1. The molecule has 0 aliphatic carbocycles. The van der Waals surface area contributed by atoms with Gasteiger partial charge in [0.05, 0.1) is 37.0 Å². The molecule has 0 bridgehead atoms. The predicted octanol–water partition coefficient (Wildman–Crippen LogP) is -4.01. The molecule has 3 heterocycles. The molecule has 23 heavy (non-hydrogen) atoms. The van der Waals surface area contributed by atoms with E-state index >= 15 is 0 Å². The fourth-order valence-corrected chi connectivity index (χ4v) is 3.47. The van der Waals surface area contributed by atoms with E-state index in [1.54, 1.807) is 4.90 Å². The van der Waals surface area contributed by atoms with E-state index in [1.165, 1.54) is 0 Å². The number of ether oxygens (including phenoxy) is 2. The van der Waals surface area contributed by atoms with E-state index in [1.807, 2.05) is 0 Å². The monoisotopic (exact) mass is 335 g/mol. The van der Waals surface area contributed by atoms with Gasteiger partial charge in [0.1, 0.15) is 24.6 Å². The molecule has 0 spiro atoms. The van der Waals surface area contributed by atoms with Gasteiger partial charge >= 0.3 is 0 Å². The van der Waals surface area contributed by atoms with Gasteiger partial charge in [-0.2, -0.15) is 0 Å². The van der Waals surface area contributed by atoms with Crippen molar-refractivity contribution < 1.29 is 45.2 Å². The summed E-state index contributed by atoms with van der Waals surface area (Å²) < 4.78 is 10.4. The third-order valence-electron chi connectivity index (χ3n) is 4.75. The summed E-state index contributed by atoms with van der Waals surface area (Å²) in [5.41, 5.74) is 0. The minimum atomic E-state index is -1.57. The highest BCUT2D eigenvalue weighted by atomic mass is 16.7. The molecule has 9 atom stereocenters. The number of hydrogen-bond donors (Lipinski definition) is 7. The largest absolute Gasteiger partial charge is 0.506 e. The number of rotatable bonds is 3. The van der Waals surface area contributed by atoms with Gasteiger partial charge in [0.25, 0.3) is 0 Å². The van der Waals surface area contributed by atoms with Crippen LogP contribution in [0, 0.1) is 0 Å². The van der Waals surface area contributed by atoms with Crippen LogP contribution in [-0.4, -0.2) is 109 Å². The molecule has 7 N–H and O–H groups in total. The first-order valence-electron chi connectivity index (χ1n) is 7.33. The van der Waals surface area contributed by atoms with Gasteiger partial charge in [-0.05, 0) is 0 Å². The van der Waals surface area contributed by atoms with Gasteiger partial charge in [-0.25, -0.2) is 0 Å². The molecule has 2 unspecified atom stereocenters. The average molecular weight is 335 g/mol. The van der Waals surface area contributed by atoms with E-state index in [0.29, 0.717) is 0 Å². The topological polar surface area (TPSA) is 163 Å². The van der Waals surface area contributed by atoms with Crippen LogP contribution in [0.1, 0.15) is 0 Å². The standard InChI is InChI=1S/C13H21NO9/c15-2-4-8(17)11(20)7-10(19)6(1-14(4)7)23-13-12(21)9(18)5(16)3-22-13/h3-4,6-13,15-21H,1-2H2/t4-,6+,7-,8-,9?,10+,11-,12?,13-/m1/s1. The molecule has 2 fully saturated rings. The van der Waals surface area contributed by atoms with Gasteiger partial charge < -0.3 is 45.2 Å². The van der Waals surface area contributed by atoms with Crippen molar-refractivity contribution in [2.75, 3.05) is 13.2 Å². The van der Waals surface area contributed by atoms with E-state index in [0.717, 1.165) is 6.26 Å². The third-order valence-corrected chi connectivity index (χ3v) is 4.75. The van der Waals surface area contributed by atoms with Crippen molar-refractivity contribution in [1.82, 2.24) is 4.90 Å². The number of nitrogens with zero attached hydrogens (tertiary/aromatic N) is 1. The third kappa shape index (κ3) is 2.61. The summed E-state index contributed by atoms with van der Waals surface area (Å²) >= 11 is 0. The van der Waals surface area contributed by atoms with Crippen molar-refractivity contribution in [2.45, 2.75) is 55.0 Å². The zero-order chi connectivity index (χ0) is 16.9. The Labute approximate surface area is 131 Å². The van der Waals surface area contributed by atoms with Crippen LogP contribution >= 0.6 is 0 Å². The summed E-state index contributed by atoms with van der Waals surface area (Å²) in [6, 6.07) is -1.55. The van der Waals surface area contributed by atoms with Crippen molar-refractivity contribution in [1.29, 1.82) is 0 Å². The van der Waals surface area contributed by atoms with Crippen LogP contribution < -0.4 is 0 Å². The summed E-state index contributed by atoms with van der Waals surface area (Å²) in [4.78, 5) is 1.55. The van der Waals surface area contributed by atoms with Gasteiger partial charge in [-0.1, -0.05) is 0 Å². The predicted molar refractivity (Wildman–Crippen MR) is 71.9 cm³/mol. The Bertz CT molecular complexity index is 474. The van der Waals surface area contributed by atoms with Crippen molar-refractivity contribution >= 4 is 0 Å². The molecule has 0 saturated carbocycles. The smallest absolute Gasteiger partial charge is 0.228 e. The lowest BCUT2D eigenvalue weighted by atomic mass is 10.0. The lowest BCUT2D eigenvalue weighted by Gasteiger charge is -2.32. The maximum absolute atomic E-state index is 10.3. The average Bonchev–Trinajstić information content (AvgIpc) is 2.96. The Morgan fingerprint density at radius 2 is 1.78 bits per heavy atom. The molecule has 0 aromatic carbocycles. The molecule has 3 rings (SSSR count). The SMILES string of the molecule is OC[C@@H]1[C@@H](O)[C@H](O)[C@H]2[C@@H](O)[C@@H](O[C@H]3OC=C(O)C(O)C3O)CN21. The van der Waals surface area contributed by atoms with Crippen LogP contribution in [0.4, 0.5) is 0 Å². The van der Waals surface area contributed by atoms with E-state index in [4.69, 9.17) is 9.47 Å². The van der Waals surface area contributed by atoms with Crippen LogP contribution in [0.3, 0.4) is 0 Å². The quantitative estimate of drug-likeness (QED) is 0.270. The highest BCUT2D eigenvalue weighted by molar-refractivity contribution is 5.11. The molecule has 3 aliphatic rings. The van der Waals surface area contributed by atoms with Crippen LogP contribution in [0.25, 0.3) is 0 Å². The highest BCUT2D eigenvalue weighted by Crippen LogP contribution is 2.35. The lowest BCUT2D eigenvalue weighted by Crippen LogP contribution is -2.49. The van der Waals surface area contributed by atoms with Crippen LogP contribution in [0.2, 0.25) is 0 Å². The van der Waals surface area contributed by atoms with Crippen molar-refractivity contribution in [3.8, 4) is 0 Å². The molecule has 132 valence electrons. The van der Waals surface area contributed by atoms with Gasteiger partial charge in [-0.3, -0.25) is 4.90 Å². The van der Waals surface area contributed by atoms with Crippen LogP contribution in [0.5, 0.6) is 0 Å². The molecule has 0 amide bonds. The highest BCUT2D eigenvalue weighted by Gasteiger charge is 2.57. The van der Waals surface area contributed by atoms with Crippen molar-refractivity contribution in [2.24, 2.45) is 0 Å². The minimum absolute atomic E-state index is 0.0869. The number of aliphatic hydroxyl groups is 7. The molecular formula is C13H21NO9. The Hall–Kier alpha value is -0.980. The van der Waals surface area contributed by atoms with Crippen LogP contribution in [-0.2, 0) is 9.47 Å². The Morgan fingerprint density at radius 1 is 1.09 bits per heavy atom. The van der Waals surface area contributed by atoms with E-state index in [9.17, 15) is 35.7 Å². The maximum Gasteiger partial charge on any atom is 0.228 e. The molecular weight excluding hydrogens is 314 g/mol. The van der Waals surface area contributed by atoms with E-state index in [2.05, 4.69) is 0 Å². The Balaban J connectivity index is 1.70. The summed E-state index contributed by atoms with van der Waals surface area (Å²) in [5, 5.41) is 68.2. The number of fused-ring (bicyclic) bond motifs is 1. The molecule has 3 aliphatic heterocycles. The second-order valence-electron chi connectivity index (χ2n) is 6.07. The Morgan fingerprint density at radius 3 is 2.43 bits per heavy atom. The summed E-state index contributed by atoms with van der Waals surface area (Å²) in [6.45, 7) is -0.310. The molecule has 0 aromatic rings. The summed E-state index contributed by atoms with van der Waals surface area (Å²) in [6.07, 6.45) is -8.08. The zero-order valence-electron chi connectivity index (χ0n) is 12.1. The van der Waals surface area contributed by atoms with Crippen molar-refractivity contribution in [3.05, 3.63) is 12.0 Å². The normalized spacial score (nSPS) is 50.5. The molecule has 0 radical (unpaired) electrons. The first-order valence-corrected chi connectivity index (χ1v) is 7.33. The van der Waals surface area contributed by atoms with E-state index in [-0.39, 0.29) is 6.54 Å². The molecule has 0 aromatic heterocycles. The van der Waals surface area contributed by atoms with Gasteiger partial charge in [-0.15, -0.1) is 0 Å². The first kappa shape index (κ1) is 16.9. The van der Waals surface area contributed by atoms with Gasteiger partial charge in [0.2, 0.25) is 6.29 Å². The molecule has 2 saturated heterocycles. The fourth-order valence-electron chi connectivity index (χ4n) is 3.47. The second kappa shape index (κ2) is 6.15.